The molecule has 8 heteroatoms. The number of aliphatic imine (C=N–C) groups is 1. The summed E-state index contributed by atoms with van der Waals surface area (Å²) in [4.78, 5) is 10.8. The van der Waals surface area contributed by atoms with Gasteiger partial charge >= 0.3 is 0 Å². The van der Waals surface area contributed by atoms with Gasteiger partial charge in [-0.15, -0.1) is 0 Å². The molecule has 1 N–H and O–H groups in total. The molecule has 0 spiro atoms. The second kappa shape index (κ2) is 8.92. The average molecular weight is 401 g/mol. The van der Waals surface area contributed by atoms with Crippen molar-refractivity contribution in [1.82, 2.24) is 19.8 Å². The zero-order valence-electron chi connectivity index (χ0n) is 17.0. The van der Waals surface area contributed by atoms with Crippen molar-refractivity contribution >= 4 is 5.96 Å². The molecule has 1 aromatic heterocycles. The standard InChI is InChI=1S/C21H28FN5O2/c1-15-24-7-8-27(15)18-6-5-16(12-17(18)22)13-25-21(23-2)26-9-11-29-20(14-26)19-4-3-10-28-19/h5-8,12,19-20H,3-4,9-11,13-14H2,1-2H3,(H,23,25). The lowest BCUT2D eigenvalue weighted by Gasteiger charge is -2.37. The van der Waals surface area contributed by atoms with Crippen LogP contribution in [0.4, 0.5) is 4.39 Å². The first-order valence-corrected chi connectivity index (χ1v) is 10.1. The lowest BCUT2D eigenvalue weighted by atomic mass is 10.1. The van der Waals surface area contributed by atoms with Crippen molar-refractivity contribution < 1.29 is 13.9 Å². The van der Waals surface area contributed by atoms with Gasteiger partial charge in [0.2, 0.25) is 0 Å². The minimum Gasteiger partial charge on any atom is -0.375 e. The fraction of sp³-hybridized carbons (Fsp3) is 0.524. The Bertz CT molecular complexity index is 863. The summed E-state index contributed by atoms with van der Waals surface area (Å²) >= 11 is 0. The van der Waals surface area contributed by atoms with Crippen LogP contribution in [0, 0.1) is 12.7 Å². The number of hydrogen-bond acceptors (Lipinski definition) is 4. The van der Waals surface area contributed by atoms with E-state index in [1.807, 2.05) is 13.0 Å². The molecular weight excluding hydrogens is 373 g/mol. The number of nitrogens with zero attached hydrogens (tertiary/aromatic N) is 4. The van der Waals surface area contributed by atoms with Crippen LogP contribution in [0.15, 0.2) is 35.6 Å². The highest BCUT2D eigenvalue weighted by molar-refractivity contribution is 5.80. The van der Waals surface area contributed by atoms with Crippen LogP contribution in [0.2, 0.25) is 0 Å². The Hall–Kier alpha value is -2.45. The number of imidazole rings is 1. The lowest BCUT2D eigenvalue weighted by Crippen LogP contribution is -2.53. The summed E-state index contributed by atoms with van der Waals surface area (Å²) in [5.41, 5.74) is 1.36. The Balaban J connectivity index is 1.38. The van der Waals surface area contributed by atoms with E-state index < -0.39 is 0 Å². The Morgan fingerprint density at radius 1 is 1.31 bits per heavy atom. The molecule has 156 valence electrons. The van der Waals surface area contributed by atoms with Crippen molar-refractivity contribution in [1.29, 1.82) is 0 Å². The fourth-order valence-corrected chi connectivity index (χ4v) is 3.99. The number of benzene rings is 1. The van der Waals surface area contributed by atoms with Crippen LogP contribution >= 0.6 is 0 Å². The number of aromatic nitrogens is 2. The molecule has 0 saturated carbocycles. The maximum atomic E-state index is 14.6. The molecule has 2 aliphatic heterocycles. The quantitative estimate of drug-likeness (QED) is 0.629. The van der Waals surface area contributed by atoms with Crippen molar-refractivity contribution in [3.8, 4) is 5.69 Å². The molecule has 2 atom stereocenters. The summed E-state index contributed by atoms with van der Waals surface area (Å²) in [7, 11) is 1.77. The molecule has 7 nitrogen and oxygen atoms in total. The van der Waals surface area contributed by atoms with E-state index in [2.05, 4.69) is 20.2 Å². The molecule has 2 aromatic rings. The molecule has 0 amide bonds. The van der Waals surface area contributed by atoms with E-state index in [9.17, 15) is 4.39 Å². The van der Waals surface area contributed by atoms with Gasteiger partial charge in [0.15, 0.2) is 5.96 Å². The molecule has 2 unspecified atom stereocenters. The van der Waals surface area contributed by atoms with Gasteiger partial charge in [0.25, 0.3) is 0 Å². The van der Waals surface area contributed by atoms with Gasteiger partial charge in [0.05, 0.1) is 18.4 Å². The van der Waals surface area contributed by atoms with Gasteiger partial charge in [-0.25, -0.2) is 9.37 Å². The minimum absolute atomic E-state index is 0.0694. The summed E-state index contributed by atoms with van der Waals surface area (Å²) < 4.78 is 28.1. The summed E-state index contributed by atoms with van der Waals surface area (Å²) in [6, 6.07) is 5.27. The minimum atomic E-state index is -0.273. The van der Waals surface area contributed by atoms with E-state index >= 15 is 0 Å². The number of hydrogen-bond donors (Lipinski definition) is 1. The normalized spacial score (nSPS) is 22.9. The van der Waals surface area contributed by atoms with Gasteiger partial charge in [-0.05, 0) is 37.5 Å². The van der Waals surface area contributed by atoms with Crippen LogP contribution in [0.3, 0.4) is 0 Å². The maximum Gasteiger partial charge on any atom is 0.194 e. The first-order chi connectivity index (χ1) is 14.2. The Morgan fingerprint density at radius 3 is 2.86 bits per heavy atom. The molecule has 2 fully saturated rings. The molecule has 29 heavy (non-hydrogen) atoms. The van der Waals surface area contributed by atoms with Crippen molar-refractivity contribution in [3.05, 3.63) is 47.8 Å². The molecule has 3 heterocycles. The number of guanidine groups is 1. The van der Waals surface area contributed by atoms with Gasteiger partial charge < -0.3 is 24.3 Å². The summed E-state index contributed by atoms with van der Waals surface area (Å²) in [6.07, 6.45) is 5.81. The van der Waals surface area contributed by atoms with Gasteiger partial charge in [0.1, 0.15) is 17.7 Å². The lowest BCUT2D eigenvalue weighted by molar-refractivity contribution is -0.0817. The van der Waals surface area contributed by atoms with E-state index in [1.54, 1.807) is 36.1 Å². The summed E-state index contributed by atoms with van der Waals surface area (Å²) in [5, 5.41) is 3.35. The monoisotopic (exact) mass is 401 g/mol. The zero-order chi connectivity index (χ0) is 20.2. The van der Waals surface area contributed by atoms with Crippen LogP contribution in [0.1, 0.15) is 24.2 Å². The molecule has 0 radical (unpaired) electrons. The largest absolute Gasteiger partial charge is 0.375 e. The van der Waals surface area contributed by atoms with Crippen molar-refractivity contribution in [3.63, 3.8) is 0 Å². The molecule has 0 aliphatic carbocycles. The van der Waals surface area contributed by atoms with Gasteiger partial charge in [-0.2, -0.15) is 0 Å². The van der Waals surface area contributed by atoms with E-state index in [0.29, 0.717) is 18.8 Å². The second-order valence-corrected chi connectivity index (χ2v) is 7.44. The fourth-order valence-electron chi connectivity index (χ4n) is 3.99. The number of halogens is 1. The summed E-state index contributed by atoms with van der Waals surface area (Å²) in [5.74, 6) is 1.28. The third kappa shape index (κ3) is 4.43. The first-order valence-electron chi connectivity index (χ1n) is 10.1. The molecule has 1 aromatic carbocycles. The maximum absolute atomic E-state index is 14.6. The van der Waals surface area contributed by atoms with Crippen molar-refractivity contribution in [2.24, 2.45) is 4.99 Å². The third-order valence-electron chi connectivity index (χ3n) is 5.53. The summed E-state index contributed by atoms with van der Waals surface area (Å²) in [6.45, 7) is 5.34. The van der Waals surface area contributed by atoms with Crippen LogP contribution < -0.4 is 5.32 Å². The van der Waals surface area contributed by atoms with Crippen LogP contribution in [-0.2, 0) is 16.0 Å². The van der Waals surface area contributed by atoms with E-state index in [-0.39, 0.29) is 18.0 Å². The molecule has 2 saturated heterocycles. The van der Waals surface area contributed by atoms with Gasteiger partial charge in [0, 0.05) is 45.7 Å². The first kappa shape index (κ1) is 19.8. The predicted molar refractivity (Wildman–Crippen MR) is 109 cm³/mol. The topological polar surface area (TPSA) is 63.9 Å². The number of aryl methyl sites for hydroxylation is 1. The van der Waals surface area contributed by atoms with E-state index in [4.69, 9.17) is 9.47 Å². The highest BCUT2D eigenvalue weighted by atomic mass is 19.1. The van der Waals surface area contributed by atoms with Gasteiger partial charge in [-0.3, -0.25) is 4.99 Å². The molecule has 0 bridgehead atoms. The van der Waals surface area contributed by atoms with Crippen LogP contribution in [0.25, 0.3) is 5.69 Å². The van der Waals surface area contributed by atoms with Crippen molar-refractivity contribution in [2.45, 2.75) is 38.5 Å². The predicted octanol–water partition coefficient (Wildman–Crippen LogP) is 2.28. The Labute approximate surface area is 170 Å². The second-order valence-electron chi connectivity index (χ2n) is 7.44. The van der Waals surface area contributed by atoms with E-state index in [0.717, 1.165) is 49.9 Å². The van der Waals surface area contributed by atoms with Crippen LogP contribution in [-0.4, -0.2) is 66.0 Å². The Morgan fingerprint density at radius 2 is 2.17 bits per heavy atom. The number of rotatable bonds is 4. The van der Waals surface area contributed by atoms with Crippen molar-refractivity contribution in [2.75, 3.05) is 33.4 Å². The van der Waals surface area contributed by atoms with E-state index in [1.165, 1.54) is 0 Å². The highest BCUT2D eigenvalue weighted by Crippen LogP contribution is 2.21. The SMILES string of the molecule is CN=C(NCc1ccc(-n2ccnc2C)c(F)c1)N1CCOC(C2CCCO2)C1. The van der Waals surface area contributed by atoms with Crippen LogP contribution in [0.5, 0.6) is 0 Å². The van der Waals surface area contributed by atoms with Gasteiger partial charge in [-0.1, -0.05) is 6.07 Å². The number of ether oxygens (including phenoxy) is 2. The number of morpholine rings is 1. The molecule has 4 rings (SSSR count). The Kier molecular flexibility index (Phi) is 6.10. The smallest absolute Gasteiger partial charge is 0.194 e. The molecular formula is C21H28FN5O2. The third-order valence-corrected chi connectivity index (χ3v) is 5.53. The highest BCUT2D eigenvalue weighted by Gasteiger charge is 2.32. The zero-order valence-corrected chi connectivity index (χ0v) is 17.0. The molecule has 2 aliphatic rings. The number of nitrogens with one attached hydrogen (secondary N) is 1. The average Bonchev–Trinajstić information content (AvgIpc) is 3.41.